The minimum absolute atomic E-state index is 0.107. The van der Waals surface area contributed by atoms with E-state index >= 15 is 0 Å². The number of carbonyl (C=O) groups is 3. The Morgan fingerprint density at radius 3 is 0.867 bits per heavy atom. The molecule has 0 aliphatic heterocycles. The molecular weight excluding hydrogens is 925 g/mol. The lowest BCUT2D eigenvalue weighted by atomic mass is 10.0. The lowest BCUT2D eigenvalue weighted by Gasteiger charge is -2.18. The molecule has 75 heavy (non-hydrogen) atoms. The molecule has 0 bridgehead atoms. The molecule has 0 aromatic heterocycles. The summed E-state index contributed by atoms with van der Waals surface area (Å²) in [5, 5.41) is 0. The molecule has 0 heterocycles. The zero-order valence-corrected chi connectivity index (χ0v) is 49.6. The number of esters is 3. The van der Waals surface area contributed by atoms with Gasteiger partial charge in [-0.1, -0.05) is 298 Å². The van der Waals surface area contributed by atoms with E-state index < -0.39 is 12.1 Å². The predicted octanol–water partition coefficient (Wildman–Crippen LogP) is 21.9. The molecule has 0 amide bonds. The number of hydrogen-bond acceptors (Lipinski definition) is 6. The van der Waals surface area contributed by atoms with E-state index in [2.05, 4.69) is 99.8 Å². The second-order valence-corrected chi connectivity index (χ2v) is 21.3. The van der Waals surface area contributed by atoms with Gasteiger partial charge in [0.1, 0.15) is 13.2 Å². The maximum Gasteiger partial charge on any atom is 0.306 e. The zero-order valence-electron chi connectivity index (χ0n) is 49.6. The highest BCUT2D eigenvalue weighted by Crippen LogP contribution is 2.17. The molecule has 0 rings (SSSR count). The molecule has 1 atom stereocenters. The monoisotopic (exact) mass is 1040 g/mol. The van der Waals surface area contributed by atoms with E-state index in [-0.39, 0.29) is 31.6 Å². The third-order valence-electron chi connectivity index (χ3n) is 13.9. The molecule has 6 nitrogen and oxygen atoms in total. The Balaban J connectivity index is 4.39. The molecule has 0 saturated heterocycles. The second-order valence-electron chi connectivity index (χ2n) is 21.3. The maximum atomic E-state index is 12.9. The van der Waals surface area contributed by atoms with Crippen molar-refractivity contribution in [3.8, 4) is 0 Å². The van der Waals surface area contributed by atoms with Crippen LogP contribution in [0, 0.1) is 0 Å². The van der Waals surface area contributed by atoms with Crippen molar-refractivity contribution in [3.63, 3.8) is 0 Å². The maximum absolute atomic E-state index is 12.9. The quantitative estimate of drug-likeness (QED) is 0.0261. The fourth-order valence-corrected chi connectivity index (χ4v) is 9.11. The average Bonchev–Trinajstić information content (AvgIpc) is 3.41. The van der Waals surface area contributed by atoms with Gasteiger partial charge in [-0.25, -0.2) is 0 Å². The Labute approximate surface area is 465 Å². The van der Waals surface area contributed by atoms with Gasteiger partial charge >= 0.3 is 17.9 Å². The van der Waals surface area contributed by atoms with Crippen LogP contribution in [0.4, 0.5) is 0 Å². The van der Waals surface area contributed by atoms with Crippen LogP contribution in [-0.2, 0) is 28.6 Å². The summed E-state index contributed by atoms with van der Waals surface area (Å²) in [7, 11) is 0. The van der Waals surface area contributed by atoms with Crippen molar-refractivity contribution in [3.05, 3.63) is 85.1 Å². The van der Waals surface area contributed by atoms with Gasteiger partial charge in [-0.2, -0.15) is 0 Å². The van der Waals surface area contributed by atoms with Gasteiger partial charge in [0.2, 0.25) is 0 Å². The summed E-state index contributed by atoms with van der Waals surface area (Å²) in [6.07, 6.45) is 83.2. The van der Waals surface area contributed by atoms with Crippen molar-refractivity contribution in [1.29, 1.82) is 0 Å². The van der Waals surface area contributed by atoms with Crippen LogP contribution in [0.1, 0.15) is 316 Å². The zero-order chi connectivity index (χ0) is 54.3. The topological polar surface area (TPSA) is 78.9 Å². The number of ether oxygens (including phenoxy) is 3. The summed E-state index contributed by atoms with van der Waals surface area (Å²) in [5.41, 5.74) is 0. The van der Waals surface area contributed by atoms with Gasteiger partial charge in [-0.05, 0) is 83.5 Å². The fraction of sp³-hybridized carbons (Fsp3) is 0.754. The van der Waals surface area contributed by atoms with Crippen LogP contribution in [0.15, 0.2) is 85.1 Å². The Morgan fingerprint density at radius 1 is 0.280 bits per heavy atom. The molecule has 1 unspecified atom stereocenters. The summed E-state index contributed by atoms with van der Waals surface area (Å²) >= 11 is 0. The van der Waals surface area contributed by atoms with Crippen LogP contribution in [0.25, 0.3) is 0 Å². The highest BCUT2D eigenvalue weighted by atomic mass is 16.6. The van der Waals surface area contributed by atoms with Gasteiger partial charge in [0, 0.05) is 19.3 Å². The largest absolute Gasteiger partial charge is 0.462 e. The van der Waals surface area contributed by atoms with E-state index in [4.69, 9.17) is 14.2 Å². The highest BCUT2D eigenvalue weighted by Gasteiger charge is 2.19. The van der Waals surface area contributed by atoms with Gasteiger partial charge in [-0.15, -0.1) is 0 Å². The Morgan fingerprint density at radius 2 is 0.547 bits per heavy atom. The van der Waals surface area contributed by atoms with E-state index in [1.807, 2.05) is 6.08 Å². The first-order valence-corrected chi connectivity index (χ1v) is 32.1. The van der Waals surface area contributed by atoms with Gasteiger partial charge in [-0.3, -0.25) is 14.4 Å². The van der Waals surface area contributed by atoms with E-state index in [1.165, 1.54) is 180 Å². The summed E-state index contributed by atoms with van der Waals surface area (Å²) in [6, 6.07) is 0. The normalized spacial score (nSPS) is 12.6. The minimum atomic E-state index is -0.820. The minimum Gasteiger partial charge on any atom is -0.462 e. The van der Waals surface area contributed by atoms with Gasteiger partial charge in [0.25, 0.3) is 0 Å². The lowest BCUT2D eigenvalue weighted by molar-refractivity contribution is -0.166. The van der Waals surface area contributed by atoms with E-state index in [0.717, 1.165) is 89.9 Å². The van der Waals surface area contributed by atoms with Crippen LogP contribution in [0.5, 0.6) is 0 Å². The molecule has 0 spiro atoms. The summed E-state index contributed by atoms with van der Waals surface area (Å²) < 4.78 is 16.8. The van der Waals surface area contributed by atoms with Crippen molar-refractivity contribution >= 4 is 17.9 Å². The molecule has 0 radical (unpaired) electrons. The molecule has 0 saturated carbocycles. The predicted molar refractivity (Wildman–Crippen MR) is 325 cm³/mol. The second kappa shape index (κ2) is 63.1. The SMILES string of the molecule is CC/C=C\C/C=C\C/C=C\C/C=C\C/C=C\C/C=C\CCC(=O)OC(COC(=O)CCCCCCC/C=C\CCCCCCC)COC(=O)CCCCCCCCCCCCCCCCCCCCCCCCCC. The number of rotatable bonds is 58. The summed E-state index contributed by atoms with van der Waals surface area (Å²) in [6.45, 7) is 6.49. The van der Waals surface area contributed by atoms with E-state index in [9.17, 15) is 14.4 Å². The standard InChI is InChI=1S/C69H120O6/c1-4-7-10-13-16-19-22-25-28-30-32-33-34-35-36-38-39-41-44-47-50-53-56-59-62-68(71)74-65-66(64-73-67(70)61-58-55-52-49-46-43-27-24-21-18-15-12-9-6-3)75-69(72)63-60-57-54-51-48-45-42-40-37-31-29-26-23-20-17-14-11-8-5-2/h8,11,17,20,24,26-27,29,37,40,45,48,54,57,66H,4-7,9-10,12-16,18-19,21-23,25,28,30-36,38-39,41-44,46-47,49-53,55-56,58-65H2,1-3H3/b11-8-,20-17-,27-24-,29-26-,40-37-,48-45-,57-54-. The number of allylic oxidation sites excluding steroid dienone is 14. The molecular formula is C69H120O6. The number of carbonyl (C=O) groups excluding carboxylic acids is 3. The van der Waals surface area contributed by atoms with Crippen LogP contribution in [0.3, 0.4) is 0 Å². The van der Waals surface area contributed by atoms with Crippen molar-refractivity contribution < 1.29 is 28.6 Å². The highest BCUT2D eigenvalue weighted by molar-refractivity contribution is 5.71. The molecule has 0 fully saturated rings. The smallest absolute Gasteiger partial charge is 0.306 e. The van der Waals surface area contributed by atoms with E-state index in [1.54, 1.807) is 0 Å². The lowest BCUT2D eigenvalue weighted by Crippen LogP contribution is -2.30. The molecule has 432 valence electrons. The molecule has 0 aromatic carbocycles. The first-order chi connectivity index (χ1) is 37.0. The molecule has 0 aromatic rings. The number of hydrogen-bond donors (Lipinski definition) is 0. The van der Waals surface area contributed by atoms with Crippen molar-refractivity contribution in [2.24, 2.45) is 0 Å². The van der Waals surface area contributed by atoms with Crippen LogP contribution >= 0.6 is 0 Å². The van der Waals surface area contributed by atoms with Gasteiger partial charge in [0.15, 0.2) is 6.10 Å². The Bertz CT molecular complexity index is 1430. The third kappa shape index (κ3) is 61.3. The van der Waals surface area contributed by atoms with Crippen molar-refractivity contribution in [1.82, 2.24) is 0 Å². The average molecular weight is 1050 g/mol. The van der Waals surface area contributed by atoms with E-state index in [0.29, 0.717) is 19.3 Å². The van der Waals surface area contributed by atoms with Crippen LogP contribution in [-0.4, -0.2) is 37.2 Å². The molecule has 0 N–H and O–H groups in total. The van der Waals surface area contributed by atoms with Gasteiger partial charge in [0.05, 0.1) is 0 Å². The Hall–Kier alpha value is -3.41. The summed E-state index contributed by atoms with van der Waals surface area (Å²) in [5.74, 6) is -0.988. The molecule has 6 heteroatoms. The number of unbranched alkanes of at least 4 members (excludes halogenated alkanes) is 33. The Kier molecular flexibility index (Phi) is 60.3. The van der Waals surface area contributed by atoms with Crippen LogP contribution in [0.2, 0.25) is 0 Å². The third-order valence-corrected chi connectivity index (χ3v) is 13.9. The molecule has 0 aliphatic carbocycles. The molecule has 0 aliphatic rings. The van der Waals surface area contributed by atoms with Gasteiger partial charge < -0.3 is 14.2 Å². The van der Waals surface area contributed by atoms with Crippen molar-refractivity contribution in [2.75, 3.05) is 13.2 Å². The van der Waals surface area contributed by atoms with Crippen LogP contribution < -0.4 is 0 Å². The first kappa shape index (κ1) is 71.6. The first-order valence-electron chi connectivity index (χ1n) is 32.1. The summed E-state index contributed by atoms with van der Waals surface area (Å²) in [4.78, 5) is 38.2. The van der Waals surface area contributed by atoms with Crippen molar-refractivity contribution in [2.45, 2.75) is 322 Å². The fourth-order valence-electron chi connectivity index (χ4n) is 9.11.